The molecule has 2 heterocycles. The molecule has 5 nitrogen and oxygen atoms in total. The molecule has 2 aliphatic heterocycles. The molecule has 2 amide bonds. The molecule has 3 rings (SSSR count). The summed E-state index contributed by atoms with van der Waals surface area (Å²) in [7, 11) is 0. The van der Waals surface area contributed by atoms with Crippen molar-refractivity contribution in [1.82, 2.24) is 15.5 Å². The number of hydrogen-bond donors (Lipinski definition) is 2. The lowest BCUT2D eigenvalue weighted by Crippen LogP contribution is -2.52. The molecular weight excluding hydrogens is 302 g/mol. The van der Waals surface area contributed by atoms with E-state index in [1.54, 1.807) is 4.90 Å². The van der Waals surface area contributed by atoms with Gasteiger partial charge in [0.25, 0.3) is 0 Å². The van der Waals surface area contributed by atoms with Gasteiger partial charge in [-0.2, -0.15) is 0 Å². The van der Waals surface area contributed by atoms with E-state index < -0.39 is 0 Å². The normalized spacial score (nSPS) is 21.7. The lowest BCUT2D eigenvalue weighted by Gasteiger charge is -2.32. The van der Waals surface area contributed by atoms with E-state index in [2.05, 4.69) is 28.8 Å². The fraction of sp³-hybridized carbons (Fsp3) is 0.579. The monoisotopic (exact) mass is 329 g/mol. The summed E-state index contributed by atoms with van der Waals surface area (Å²) < 4.78 is 0. The highest BCUT2D eigenvalue weighted by atomic mass is 16.2. The molecule has 5 heteroatoms. The molecule has 1 aromatic rings. The van der Waals surface area contributed by atoms with E-state index in [1.165, 1.54) is 11.1 Å². The second kappa shape index (κ2) is 7.34. The quantitative estimate of drug-likeness (QED) is 0.863. The molecule has 0 spiro atoms. The third kappa shape index (κ3) is 3.46. The van der Waals surface area contributed by atoms with Gasteiger partial charge in [-0.3, -0.25) is 9.59 Å². The lowest BCUT2D eigenvalue weighted by atomic mass is 9.94. The van der Waals surface area contributed by atoms with Crippen molar-refractivity contribution in [3.8, 4) is 0 Å². The van der Waals surface area contributed by atoms with Crippen LogP contribution in [-0.2, 0) is 16.0 Å². The molecule has 130 valence electrons. The van der Waals surface area contributed by atoms with E-state index in [1.807, 2.05) is 19.9 Å². The van der Waals surface area contributed by atoms with E-state index in [4.69, 9.17) is 0 Å². The van der Waals surface area contributed by atoms with Gasteiger partial charge in [0.1, 0.15) is 6.04 Å². The topological polar surface area (TPSA) is 61.4 Å². The fourth-order valence-electron chi connectivity index (χ4n) is 3.85. The van der Waals surface area contributed by atoms with Crippen molar-refractivity contribution in [2.45, 2.75) is 45.2 Å². The van der Waals surface area contributed by atoms with Crippen molar-refractivity contribution in [2.24, 2.45) is 5.92 Å². The van der Waals surface area contributed by atoms with Crippen molar-refractivity contribution in [2.75, 3.05) is 19.6 Å². The molecule has 1 saturated heterocycles. The number of hydrogen-bond acceptors (Lipinski definition) is 3. The predicted octanol–water partition coefficient (Wildman–Crippen LogP) is 1.64. The van der Waals surface area contributed by atoms with Crippen LogP contribution in [0.2, 0.25) is 0 Å². The third-order valence-electron chi connectivity index (χ3n) is 5.04. The Balaban J connectivity index is 1.65. The van der Waals surface area contributed by atoms with Crippen molar-refractivity contribution in [3.05, 3.63) is 35.4 Å². The second-order valence-corrected chi connectivity index (χ2v) is 7.08. The summed E-state index contributed by atoms with van der Waals surface area (Å²) in [5, 5.41) is 6.56. The van der Waals surface area contributed by atoms with Crippen LogP contribution in [-0.4, -0.2) is 42.4 Å². The molecule has 0 radical (unpaired) electrons. The van der Waals surface area contributed by atoms with Crippen molar-refractivity contribution < 1.29 is 9.59 Å². The van der Waals surface area contributed by atoms with Crippen LogP contribution in [0.3, 0.4) is 0 Å². The zero-order valence-corrected chi connectivity index (χ0v) is 14.5. The van der Waals surface area contributed by atoms with Gasteiger partial charge >= 0.3 is 0 Å². The maximum atomic E-state index is 12.7. The number of fused-ring (bicyclic) bond motifs is 1. The minimum absolute atomic E-state index is 0.0369. The fourth-order valence-corrected chi connectivity index (χ4v) is 3.85. The van der Waals surface area contributed by atoms with Gasteiger partial charge in [0.15, 0.2) is 0 Å². The summed E-state index contributed by atoms with van der Waals surface area (Å²) in [5.74, 6) is 0.175. The first-order chi connectivity index (χ1) is 11.6. The van der Waals surface area contributed by atoms with Crippen LogP contribution in [0.25, 0.3) is 0 Å². The van der Waals surface area contributed by atoms with Gasteiger partial charge in [-0.05, 0) is 36.4 Å². The Labute approximate surface area is 143 Å². The third-order valence-corrected chi connectivity index (χ3v) is 5.04. The van der Waals surface area contributed by atoms with E-state index in [-0.39, 0.29) is 29.8 Å². The number of carbonyl (C=O) groups excluding carboxylic acids is 2. The summed E-state index contributed by atoms with van der Waals surface area (Å²) >= 11 is 0. The summed E-state index contributed by atoms with van der Waals surface area (Å²) in [6.45, 7) is 6.19. The number of rotatable bonds is 5. The average molecular weight is 329 g/mol. The van der Waals surface area contributed by atoms with E-state index in [9.17, 15) is 9.59 Å². The summed E-state index contributed by atoms with van der Waals surface area (Å²) in [6.07, 6.45) is 2.44. The van der Waals surface area contributed by atoms with Crippen molar-refractivity contribution >= 4 is 11.8 Å². The minimum Gasteiger partial charge on any atom is -0.352 e. The van der Waals surface area contributed by atoms with Gasteiger partial charge in [0.2, 0.25) is 11.8 Å². The van der Waals surface area contributed by atoms with Crippen LogP contribution in [0.4, 0.5) is 0 Å². The van der Waals surface area contributed by atoms with Gasteiger partial charge in [-0.15, -0.1) is 0 Å². The van der Waals surface area contributed by atoms with E-state index >= 15 is 0 Å². The highest BCUT2D eigenvalue weighted by Gasteiger charge is 2.35. The maximum Gasteiger partial charge on any atom is 0.243 e. The molecule has 1 aromatic carbocycles. The molecule has 1 fully saturated rings. The minimum atomic E-state index is -0.362. The summed E-state index contributed by atoms with van der Waals surface area (Å²) in [4.78, 5) is 26.5. The highest BCUT2D eigenvalue weighted by molar-refractivity contribution is 5.88. The maximum absolute atomic E-state index is 12.7. The summed E-state index contributed by atoms with van der Waals surface area (Å²) in [5.41, 5.74) is 2.62. The summed E-state index contributed by atoms with van der Waals surface area (Å²) in [6, 6.07) is 8.17. The Hall–Kier alpha value is -1.88. The van der Waals surface area contributed by atoms with Gasteiger partial charge < -0.3 is 15.5 Å². The van der Waals surface area contributed by atoms with Crippen molar-refractivity contribution in [1.29, 1.82) is 0 Å². The molecule has 0 bridgehead atoms. The number of likely N-dealkylation sites (tertiary alicyclic amines) is 1. The van der Waals surface area contributed by atoms with Crippen LogP contribution in [0.5, 0.6) is 0 Å². The smallest absolute Gasteiger partial charge is 0.243 e. The first kappa shape index (κ1) is 17.0. The molecule has 2 unspecified atom stereocenters. The Bertz CT molecular complexity index is 614. The van der Waals surface area contributed by atoms with Gasteiger partial charge in [0.05, 0.1) is 0 Å². The Kier molecular flexibility index (Phi) is 5.19. The molecule has 2 N–H and O–H groups in total. The molecular formula is C19H27N3O2. The SMILES string of the molecule is CC(C)C(C(=O)NCC1NCCc2ccccc21)N1CCCC1=O. The molecule has 0 saturated carbocycles. The number of carbonyl (C=O) groups is 2. The van der Waals surface area contributed by atoms with Crippen LogP contribution in [0.1, 0.15) is 43.9 Å². The second-order valence-electron chi connectivity index (χ2n) is 7.08. The highest BCUT2D eigenvalue weighted by Crippen LogP contribution is 2.23. The largest absolute Gasteiger partial charge is 0.352 e. The molecule has 0 aromatic heterocycles. The van der Waals surface area contributed by atoms with Gasteiger partial charge in [-0.1, -0.05) is 38.1 Å². The number of amides is 2. The molecule has 0 aliphatic carbocycles. The molecule has 2 aliphatic rings. The van der Waals surface area contributed by atoms with Crippen LogP contribution >= 0.6 is 0 Å². The molecule has 24 heavy (non-hydrogen) atoms. The zero-order chi connectivity index (χ0) is 17.1. The lowest BCUT2D eigenvalue weighted by molar-refractivity contribution is -0.139. The van der Waals surface area contributed by atoms with Gasteiger partial charge in [0, 0.05) is 25.6 Å². The van der Waals surface area contributed by atoms with Crippen LogP contribution in [0.15, 0.2) is 24.3 Å². The number of benzene rings is 1. The van der Waals surface area contributed by atoms with Crippen LogP contribution < -0.4 is 10.6 Å². The average Bonchev–Trinajstić information content (AvgIpc) is 2.98. The number of nitrogens with zero attached hydrogens (tertiary/aromatic N) is 1. The Morgan fingerprint density at radius 3 is 2.83 bits per heavy atom. The standard InChI is InChI=1S/C19H27N3O2/c1-13(2)18(22-11-5-8-17(22)23)19(24)21-12-16-15-7-4-3-6-14(15)9-10-20-16/h3-4,6-7,13,16,18,20H,5,8-12H2,1-2H3,(H,21,24). The van der Waals surface area contributed by atoms with E-state index in [0.29, 0.717) is 19.5 Å². The first-order valence-corrected chi connectivity index (χ1v) is 8.96. The zero-order valence-electron chi connectivity index (χ0n) is 14.5. The first-order valence-electron chi connectivity index (χ1n) is 8.96. The van der Waals surface area contributed by atoms with Gasteiger partial charge in [-0.25, -0.2) is 0 Å². The van der Waals surface area contributed by atoms with Crippen LogP contribution in [0, 0.1) is 5.92 Å². The van der Waals surface area contributed by atoms with E-state index in [0.717, 1.165) is 19.4 Å². The number of nitrogens with one attached hydrogen (secondary N) is 2. The Morgan fingerprint density at radius 2 is 2.12 bits per heavy atom. The molecule has 2 atom stereocenters. The Morgan fingerprint density at radius 1 is 1.33 bits per heavy atom. The predicted molar refractivity (Wildman–Crippen MR) is 93.5 cm³/mol. The van der Waals surface area contributed by atoms with Crippen molar-refractivity contribution in [3.63, 3.8) is 0 Å².